The fourth-order valence-corrected chi connectivity index (χ4v) is 1.57. The average Bonchev–Trinajstić information content (AvgIpc) is 2.33. The van der Waals surface area contributed by atoms with Crippen molar-refractivity contribution in [1.82, 2.24) is 5.32 Å². The Balaban J connectivity index is 2.61. The first-order valence-corrected chi connectivity index (χ1v) is 6.19. The maximum absolute atomic E-state index is 5.79. The lowest BCUT2D eigenvalue weighted by atomic mass is 10.1. The van der Waals surface area contributed by atoms with E-state index in [9.17, 15) is 0 Å². The van der Waals surface area contributed by atoms with Crippen molar-refractivity contribution in [2.75, 3.05) is 13.7 Å². The number of nitrogens with one attached hydrogen (secondary N) is 1. The van der Waals surface area contributed by atoms with Gasteiger partial charge in [0, 0.05) is 6.54 Å². The van der Waals surface area contributed by atoms with E-state index in [2.05, 4.69) is 30.2 Å². The highest BCUT2D eigenvalue weighted by atomic mass is 16.5. The van der Waals surface area contributed by atoms with Crippen molar-refractivity contribution in [2.45, 2.75) is 27.3 Å². The van der Waals surface area contributed by atoms with Crippen molar-refractivity contribution in [3.63, 3.8) is 0 Å². The molecule has 0 amide bonds. The summed E-state index contributed by atoms with van der Waals surface area (Å²) in [6.45, 7) is 7.70. The van der Waals surface area contributed by atoms with Crippen LogP contribution >= 0.6 is 0 Å². The van der Waals surface area contributed by atoms with Gasteiger partial charge in [-0.25, -0.2) is 4.99 Å². The third kappa shape index (κ3) is 5.08. The number of methoxy groups -OCH3 is 1. The molecule has 0 fully saturated rings. The molecule has 0 aromatic heterocycles. The number of ether oxygens (including phenoxy) is 1. The summed E-state index contributed by atoms with van der Waals surface area (Å²) in [6, 6.07) is 6.06. The van der Waals surface area contributed by atoms with Crippen LogP contribution in [-0.2, 0) is 6.54 Å². The zero-order chi connectivity index (χ0) is 13.5. The smallest absolute Gasteiger partial charge is 0.188 e. The average molecular weight is 249 g/mol. The molecule has 0 saturated heterocycles. The molecule has 3 N–H and O–H groups in total. The molecule has 1 aromatic carbocycles. The number of benzene rings is 1. The second kappa shape index (κ2) is 6.89. The van der Waals surface area contributed by atoms with Gasteiger partial charge in [0.05, 0.1) is 13.7 Å². The minimum Gasteiger partial charge on any atom is -0.497 e. The van der Waals surface area contributed by atoms with E-state index in [1.54, 1.807) is 7.11 Å². The van der Waals surface area contributed by atoms with Crippen LogP contribution in [-0.4, -0.2) is 19.6 Å². The van der Waals surface area contributed by atoms with Crippen LogP contribution < -0.4 is 15.8 Å². The van der Waals surface area contributed by atoms with Gasteiger partial charge in [-0.15, -0.1) is 0 Å². The Morgan fingerprint density at radius 2 is 2.11 bits per heavy atom. The lowest BCUT2D eigenvalue weighted by Crippen LogP contribution is -2.34. The first kappa shape index (κ1) is 14.4. The van der Waals surface area contributed by atoms with Gasteiger partial charge in [-0.3, -0.25) is 0 Å². The molecule has 100 valence electrons. The molecule has 0 aliphatic rings. The van der Waals surface area contributed by atoms with Crippen molar-refractivity contribution >= 4 is 5.96 Å². The summed E-state index contributed by atoms with van der Waals surface area (Å²) in [6.07, 6.45) is 0. The Labute approximate surface area is 109 Å². The number of aryl methyl sites for hydroxylation is 1. The highest BCUT2D eigenvalue weighted by molar-refractivity contribution is 5.77. The zero-order valence-electron chi connectivity index (χ0n) is 11.7. The Morgan fingerprint density at radius 1 is 1.39 bits per heavy atom. The molecule has 0 atom stereocenters. The Morgan fingerprint density at radius 3 is 2.72 bits per heavy atom. The molecule has 0 heterocycles. The highest BCUT2D eigenvalue weighted by Gasteiger charge is 1.99. The molecule has 0 radical (unpaired) electrons. The SMILES string of the molecule is COc1cc(C)cc(CN=C(N)NCC(C)C)c1. The number of nitrogens with zero attached hydrogens (tertiary/aromatic N) is 1. The predicted molar refractivity (Wildman–Crippen MR) is 75.9 cm³/mol. The molecule has 0 bridgehead atoms. The molecule has 4 nitrogen and oxygen atoms in total. The van der Waals surface area contributed by atoms with Crippen LogP contribution in [0.2, 0.25) is 0 Å². The number of aliphatic imine (C=N–C) groups is 1. The normalized spacial score (nSPS) is 11.7. The second-order valence-corrected chi connectivity index (χ2v) is 4.83. The van der Waals surface area contributed by atoms with Gasteiger partial charge in [0.25, 0.3) is 0 Å². The van der Waals surface area contributed by atoms with E-state index in [1.807, 2.05) is 19.1 Å². The maximum atomic E-state index is 5.79. The summed E-state index contributed by atoms with van der Waals surface area (Å²) in [5, 5.41) is 3.09. The van der Waals surface area contributed by atoms with Gasteiger partial charge in [0.15, 0.2) is 5.96 Å². The van der Waals surface area contributed by atoms with E-state index in [1.165, 1.54) is 0 Å². The topological polar surface area (TPSA) is 59.6 Å². The number of guanidine groups is 1. The van der Waals surface area contributed by atoms with E-state index < -0.39 is 0 Å². The lowest BCUT2D eigenvalue weighted by Gasteiger charge is -2.08. The largest absolute Gasteiger partial charge is 0.497 e. The Hall–Kier alpha value is -1.71. The van der Waals surface area contributed by atoms with Crippen LogP contribution in [0.1, 0.15) is 25.0 Å². The van der Waals surface area contributed by atoms with E-state index in [0.717, 1.165) is 23.4 Å². The van der Waals surface area contributed by atoms with Crippen LogP contribution in [0.4, 0.5) is 0 Å². The summed E-state index contributed by atoms with van der Waals surface area (Å²) in [5.41, 5.74) is 8.04. The number of hydrogen-bond donors (Lipinski definition) is 2. The summed E-state index contributed by atoms with van der Waals surface area (Å²) < 4.78 is 5.23. The molecule has 18 heavy (non-hydrogen) atoms. The summed E-state index contributed by atoms with van der Waals surface area (Å²) in [4.78, 5) is 4.31. The Bertz CT molecular complexity index is 414. The summed E-state index contributed by atoms with van der Waals surface area (Å²) in [7, 11) is 1.67. The molecular formula is C14H23N3O. The van der Waals surface area contributed by atoms with Crippen molar-refractivity contribution in [1.29, 1.82) is 0 Å². The molecule has 0 saturated carbocycles. The van der Waals surface area contributed by atoms with Gasteiger partial charge < -0.3 is 15.8 Å². The molecule has 0 aliphatic heterocycles. The van der Waals surface area contributed by atoms with Crippen molar-refractivity contribution in [2.24, 2.45) is 16.6 Å². The number of hydrogen-bond acceptors (Lipinski definition) is 2. The predicted octanol–water partition coefficient (Wildman–Crippen LogP) is 2.06. The number of rotatable bonds is 5. The van der Waals surface area contributed by atoms with Crippen LogP contribution in [0.25, 0.3) is 0 Å². The van der Waals surface area contributed by atoms with Gasteiger partial charge in [-0.05, 0) is 36.1 Å². The third-order valence-electron chi connectivity index (χ3n) is 2.47. The fraction of sp³-hybridized carbons (Fsp3) is 0.500. The summed E-state index contributed by atoms with van der Waals surface area (Å²) >= 11 is 0. The molecule has 4 heteroatoms. The molecule has 0 unspecified atom stereocenters. The van der Waals surface area contributed by atoms with Crippen molar-refractivity contribution < 1.29 is 4.74 Å². The molecule has 0 aliphatic carbocycles. The van der Waals surface area contributed by atoms with Crippen LogP contribution in [0.3, 0.4) is 0 Å². The maximum Gasteiger partial charge on any atom is 0.188 e. The van der Waals surface area contributed by atoms with Crippen LogP contribution in [0.5, 0.6) is 5.75 Å². The van der Waals surface area contributed by atoms with E-state index in [4.69, 9.17) is 10.5 Å². The van der Waals surface area contributed by atoms with Gasteiger partial charge in [-0.1, -0.05) is 19.9 Å². The minimum absolute atomic E-state index is 0.490. The van der Waals surface area contributed by atoms with E-state index in [0.29, 0.717) is 18.4 Å². The highest BCUT2D eigenvalue weighted by Crippen LogP contribution is 2.16. The molecule has 0 spiro atoms. The lowest BCUT2D eigenvalue weighted by molar-refractivity contribution is 0.414. The van der Waals surface area contributed by atoms with Gasteiger partial charge in [-0.2, -0.15) is 0 Å². The van der Waals surface area contributed by atoms with Crippen LogP contribution in [0.15, 0.2) is 23.2 Å². The quantitative estimate of drug-likeness (QED) is 0.620. The van der Waals surface area contributed by atoms with Gasteiger partial charge in [0.1, 0.15) is 5.75 Å². The second-order valence-electron chi connectivity index (χ2n) is 4.83. The molecule has 1 rings (SSSR count). The minimum atomic E-state index is 0.490. The van der Waals surface area contributed by atoms with Crippen molar-refractivity contribution in [3.8, 4) is 5.75 Å². The van der Waals surface area contributed by atoms with E-state index in [-0.39, 0.29) is 0 Å². The van der Waals surface area contributed by atoms with Gasteiger partial charge >= 0.3 is 0 Å². The molecule has 1 aromatic rings. The Kier molecular flexibility index (Phi) is 5.49. The first-order valence-electron chi connectivity index (χ1n) is 6.19. The summed E-state index contributed by atoms with van der Waals surface area (Å²) in [5.74, 6) is 1.90. The zero-order valence-corrected chi connectivity index (χ0v) is 11.7. The standard InChI is InChI=1S/C14H23N3O/c1-10(2)8-16-14(15)17-9-12-5-11(3)6-13(7-12)18-4/h5-7,10H,8-9H2,1-4H3,(H3,15,16,17). The van der Waals surface area contributed by atoms with Crippen molar-refractivity contribution in [3.05, 3.63) is 29.3 Å². The third-order valence-corrected chi connectivity index (χ3v) is 2.47. The number of nitrogens with two attached hydrogens (primary N) is 1. The van der Waals surface area contributed by atoms with Crippen LogP contribution in [0, 0.1) is 12.8 Å². The van der Waals surface area contributed by atoms with Gasteiger partial charge in [0.2, 0.25) is 0 Å². The fourth-order valence-electron chi connectivity index (χ4n) is 1.57. The van der Waals surface area contributed by atoms with E-state index >= 15 is 0 Å². The monoisotopic (exact) mass is 249 g/mol. The molecular weight excluding hydrogens is 226 g/mol. The first-order chi connectivity index (χ1) is 8.51.